The fourth-order valence-electron chi connectivity index (χ4n) is 3.82. The Morgan fingerprint density at radius 1 is 1.00 bits per heavy atom. The second-order valence-electron chi connectivity index (χ2n) is 8.95. The molecule has 1 aliphatic heterocycles. The van der Waals surface area contributed by atoms with Crippen LogP contribution in [0.25, 0.3) is 16.2 Å². The monoisotopic (exact) mass is 459 g/mol. The molecule has 0 bridgehead atoms. The lowest BCUT2D eigenvalue weighted by molar-refractivity contribution is 0.0507. The van der Waals surface area contributed by atoms with Crippen LogP contribution in [0.1, 0.15) is 57.4 Å². The summed E-state index contributed by atoms with van der Waals surface area (Å²) in [6.45, 7) is 7.41. The van der Waals surface area contributed by atoms with Crippen LogP contribution in [0.15, 0.2) is 47.8 Å². The fourth-order valence-corrected chi connectivity index (χ4v) is 4.65. The Labute approximate surface area is 193 Å². The van der Waals surface area contributed by atoms with Crippen molar-refractivity contribution >= 4 is 40.0 Å². The summed E-state index contributed by atoms with van der Waals surface area (Å²) >= 11 is 1.43. The number of rotatable bonds is 3. The van der Waals surface area contributed by atoms with Crippen LogP contribution in [0.3, 0.4) is 0 Å². The molecule has 33 heavy (non-hydrogen) atoms. The molecule has 0 saturated carbocycles. The number of carbonyl (C=O) groups is 3. The van der Waals surface area contributed by atoms with Gasteiger partial charge in [0, 0.05) is 22.0 Å². The van der Waals surface area contributed by atoms with Gasteiger partial charge in [-0.05, 0) is 45.9 Å². The van der Waals surface area contributed by atoms with Crippen molar-refractivity contribution in [2.45, 2.75) is 33.2 Å². The first-order valence-electron chi connectivity index (χ1n) is 10.4. The Balaban J connectivity index is 1.41. The normalized spacial score (nSPS) is 13.6. The van der Waals surface area contributed by atoms with Gasteiger partial charge in [0.25, 0.3) is 23.7 Å². The minimum Gasteiger partial charge on any atom is -0.289 e. The number of aromatic nitrogens is 3. The Kier molecular flexibility index (Phi) is 4.68. The average Bonchev–Trinajstić information content (AvgIpc) is 3.40. The van der Waals surface area contributed by atoms with E-state index in [9.17, 15) is 14.4 Å². The molecule has 0 unspecified atom stereocenters. The van der Waals surface area contributed by atoms with E-state index in [1.807, 2.05) is 36.6 Å². The van der Waals surface area contributed by atoms with Gasteiger partial charge in [-0.3, -0.25) is 24.6 Å². The quantitative estimate of drug-likeness (QED) is 0.458. The van der Waals surface area contributed by atoms with Gasteiger partial charge in [-0.25, -0.2) is 4.52 Å². The van der Waals surface area contributed by atoms with Crippen molar-refractivity contribution in [3.8, 4) is 11.3 Å². The molecule has 0 spiro atoms. The summed E-state index contributed by atoms with van der Waals surface area (Å²) in [5.74, 6) is -1.04. The van der Waals surface area contributed by atoms with Crippen molar-refractivity contribution < 1.29 is 14.4 Å². The highest BCUT2D eigenvalue weighted by molar-refractivity contribution is 7.15. The van der Waals surface area contributed by atoms with Crippen molar-refractivity contribution in [1.29, 1.82) is 0 Å². The van der Waals surface area contributed by atoms with Gasteiger partial charge in [-0.2, -0.15) is 4.98 Å². The Hall–Kier alpha value is -3.85. The number of imide groups is 1. The van der Waals surface area contributed by atoms with Crippen LogP contribution in [0, 0.1) is 6.92 Å². The number of fused-ring (bicyclic) bond motifs is 2. The van der Waals surface area contributed by atoms with E-state index in [2.05, 4.69) is 15.4 Å². The Bertz CT molecular complexity index is 1440. The van der Waals surface area contributed by atoms with Gasteiger partial charge in [0.15, 0.2) is 0 Å². The zero-order chi connectivity index (χ0) is 23.5. The van der Waals surface area contributed by atoms with Gasteiger partial charge in [0.1, 0.15) is 0 Å². The molecule has 3 amide bonds. The molecular weight excluding hydrogens is 438 g/mol. The van der Waals surface area contributed by atoms with E-state index in [-0.39, 0.29) is 23.0 Å². The van der Waals surface area contributed by atoms with E-state index in [4.69, 9.17) is 0 Å². The molecule has 0 fully saturated rings. The topological polar surface area (TPSA) is 96.7 Å². The average molecular weight is 460 g/mol. The Morgan fingerprint density at radius 2 is 1.70 bits per heavy atom. The molecule has 9 heteroatoms. The number of thiazole rings is 1. The first-order valence-corrected chi connectivity index (χ1v) is 11.3. The van der Waals surface area contributed by atoms with Crippen molar-refractivity contribution in [3.63, 3.8) is 0 Å². The zero-order valence-corrected chi connectivity index (χ0v) is 19.4. The number of hydrogen-bond acceptors (Lipinski definition) is 6. The maximum absolute atomic E-state index is 12.9. The standard InChI is InChI=1S/C24H21N5O3S/c1-13-5-7-14(8-6-13)18-12-33-23-26-22(27-29(18)23)25-19(30)15-9-10-16-17(11-15)21(32)28(20(16)31)24(2,3)4/h5-12H,1-4H3,(H,25,27,30). The molecule has 8 nitrogen and oxygen atoms in total. The number of nitrogens with one attached hydrogen (secondary N) is 1. The summed E-state index contributed by atoms with van der Waals surface area (Å²) in [6, 6.07) is 12.6. The predicted molar refractivity (Wildman–Crippen MR) is 126 cm³/mol. The molecule has 3 heterocycles. The number of hydrogen-bond donors (Lipinski definition) is 1. The lowest BCUT2D eigenvalue weighted by atomic mass is 10.1. The number of amides is 3. The molecule has 4 aromatic rings. The lowest BCUT2D eigenvalue weighted by Gasteiger charge is -2.29. The molecule has 0 radical (unpaired) electrons. The van der Waals surface area contributed by atoms with Crippen LogP contribution in [-0.2, 0) is 0 Å². The third kappa shape index (κ3) is 3.50. The van der Waals surface area contributed by atoms with Crippen LogP contribution in [-0.4, -0.2) is 42.8 Å². The van der Waals surface area contributed by atoms with Gasteiger partial charge in [0.05, 0.1) is 16.8 Å². The van der Waals surface area contributed by atoms with Gasteiger partial charge >= 0.3 is 0 Å². The van der Waals surface area contributed by atoms with E-state index >= 15 is 0 Å². The van der Waals surface area contributed by atoms with E-state index in [1.165, 1.54) is 34.4 Å². The minimum absolute atomic E-state index is 0.166. The smallest absolute Gasteiger partial charge is 0.262 e. The molecule has 166 valence electrons. The van der Waals surface area contributed by atoms with Gasteiger partial charge < -0.3 is 0 Å². The lowest BCUT2D eigenvalue weighted by Crippen LogP contribution is -2.45. The molecule has 0 saturated heterocycles. The minimum atomic E-state index is -0.656. The maximum atomic E-state index is 12.9. The summed E-state index contributed by atoms with van der Waals surface area (Å²) in [7, 11) is 0. The van der Waals surface area contributed by atoms with Crippen LogP contribution >= 0.6 is 11.3 Å². The number of nitrogens with zero attached hydrogens (tertiary/aromatic N) is 4. The van der Waals surface area contributed by atoms with Crippen LogP contribution < -0.4 is 5.32 Å². The predicted octanol–water partition coefficient (Wildman–Crippen LogP) is 4.41. The highest BCUT2D eigenvalue weighted by Gasteiger charge is 2.42. The van der Waals surface area contributed by atoms with Crippen molar-refractivity contribution in [2.75, 3.05) is 5.32 Å². The summed E-state index contributed by atoms with van der Waals surface area (Å²) in [5, 5.41) is 9.10. The van der Waals surface area contributed by atoms with E-state index in [0.29, 0.717) is 10.5 Å². The van der Waals surface area contributed by atoms with E-state index in [0.717, 1.165) is 16.8 Å². The first kappa shape index (κ1) is 21.0. The van der Waals surface area contributed by atoms with Crippen molar-refractivity contribution in [1.82, 2.24) is 19.5 Å². The van der Waals surface area contributed by atoms with Gasteiger partial charge in [-0.15, -0.1) is 16.4 Å². The maximum Gasteiger partial charge on any atom is 0.262 e. The highest BCUT2D eigenvalue weighted by atomic mass is 32.1. The summed E-state index contributed by atoms with van der Waals surface area (Å²) in [4.78, 5) is 44.6. The number of aryl methyl sites for hydroxylation is 1. The van der Waals surface area contributed by atoms with Crippen molar-refractivity contribution in [2.24, 2.45) is 0 Å². The molecule has 2 aromatic carbocycles. The third-order valence-electron chi connectivity index (χ3n) is 5.47. The summed E-state index contributed by atoms with van der Waals surface area (Å²) < 4.78 is 1.69. The molecule has 2 aromatic heterocycles. The number of benzene rings is 2. The second-order valence-corrected chi connectivity index (χ2v) is 9.78. The van der Waals surface area contributed by atoms with Crippen LogP contribution in [0.4, 0.5) is 5.95 Å². The number of anilines is 1. The summed E-state index contributed by atoms with van der Waals surface area (Å²) in [6.07, 6.45) is 0. The van der Waals surface area contributed by atoms with Crippen LogP contribution in [0.5, 0.6) is 0 Å². The molecule has 1 N–H and O–H groups in total. The zero-order valence-electron chi connectivity index (χ0n) is 18.5. The van der Waals surface area contributed by atoms with E-state index < -0.39 is 17.4 Å². The molecule has 5 rings (SSSR count). The molecular formula is C24H21N5O3S. The van der Waals surface area contributed by atoms with Gasteiger partial charge in [-0.1, -0.05) is 29.8 Å². The number of carbonyl (C=O) groups excluding carboxylic acids is 3. The van der Waals surface area contributed by atoms with Crippen LogP contribution in [0.2, 0.25) is 0 Å². The summed E-state index contributed by atoms with van der Waals surface area (Å²) in [5.41, 5.74) is 3.17. The second kappa shape index (κ2) is 7.35. The van der Waals surface area contributed by atoms with Gasteiger partial charge in [0.2, 0.25) is 4.96 Å². The largest absolute Gasteiger partial charge is 0.289 e. The SMILES string of the molecule is Cc1ccc(-c2csc3nc(NC(=O)c4ccc5c(c4)C(=O)N(C(C)(C)C)C5=O)nn23)cc1. The first-order chi connectivity index (χ1) is 15.6. The Morgan fingerprint density at radius 3 is 2.39 bits per heavy atom. The van der Waals surface area contributed by atoms with E-state index in [1.54, 1.807) is 25.3 Å². The molecule has 0 atom stereocenters. The third-order valence-corrected chi connectivity index (χ3v) is 6.29. The molecule has 1 aliphatic rings. The molecule has 0 aliphatic carbocycles. The fraction of sp³-hybridized carbons (Fsp3) is 0.208. The van der Waals surface area contributed by atoms with Crippen molar-refractivity contribution in [3.05, 3.63) is 70.1 Å². The highest BCUT2D eigenvalue weighted by Crippen LogP contribution is 2.30.